The van der Waals surface area contributed by atoms with Crippen molar-refractivity contribution in [3.05, 3.63) is 47.7 Å². The molecule has 118 valence electrons. The van der Waals surface area contributed by atoms with Crippen molar-refractivity contribution >= 4 is 11.7 Å². The van der Waals surface area contributed by atoms with E-state index in [-0.39, 0.29) is 6.03 Å². The molecule has 22 heavy (non-hydrogen) atoms. The molecule has 0 atom stereocenters. The molecule has 0 aliphatic heterocycles. The summed E-state index contributed by atoms with van der Waals surface area (Å²) in [6, 6.07) is 8.13. The summed E-state index contributed by atoms with van der Waals surface area (Å²) in [5.41, 5.74) is 2.82. The molecule has 2 amide bonds. The highest BCUT2D eigenvalue weighted by molar-refractivity contribution is 5.73. The molecule has 3 N–H and O–H groups in total. The van der Waals surface area contributed by atoms with Crippen LogP contribution >= 0.6 is 0 Å². The van der Waals surface area contributed by atoms with Gasteiger partial charge in [0.2, 0.25) is 0 Å². The molecule has 0 aliphatic carbocycles. The second-order valence-corrected chi connectivity index (χ2v) is 5.39. The van der Waals surface area contributed by atoms with Crippen LogP contribution in [0.1, 0.15) is 30.9 Å². The second-order valence-electron chi connectivity index (χ2n) is 5.39. The predicted molar refractivity (Wildman–Crippen MR) is 85.5 cm³/mol. The average Bonchev–Trinajstić information content (AvgIpc) is 2.88. The Hall–Kier alpha value is -2.50. The molecule has 1 aromatic heterocycles. The average molecular weight is 302 g/mol. The lowest BCUT2D eigenvalue weighted by Gasteiger charge is -2.12. The highest BCUT2D eigenvalue weighted by atomic mass is 16.3. The maximum atomic E-state index is 11.8. The first-order valence-electron chi connectivity index (χ1n) is 7.30. The maximum Gasteiger partial charge on any atom is 0.315 e. The molecule has 1 heterocycles. The van der Waals surface area contributed by atoms with E-state index in [9.17, 15) is 4.79 Å². The van der Waals surface area contributed by atoms with Crippen molar-refractivity contribution in [2.24, 2.45) is 0 Å². The third-order valence-electron chi connectivity index (χ3n) is 3.10. The number of nitrogens with zero attached hydrogens (tertiary/aromatic N) is 1. The molecule has 1 aromatic carbocycles. The number of benzene rings is 1. The molecule has 0 radical (unpaired) electrons. The van der Waals surface area contributed by atoms with Gasteiger partial charge in [-0.1, -0.05) is 12.1 Å². The first-order valence-corrected chi connectivity index (χ1v) is 7.30. The van der Waals surface area contributed by atoms with Crippen LogP contribution in [0.5, 0.6) is 0 Å². The van der Waals surface area contributed by atoms with Gasteiger partial charge in [-0.05, 0) is 38.5 Å². The van der Waals surface area contributed by atoms with Gasteiger partial charge in [-0.15, -0.1) is 0 Å². The van der Waals surface area contributed by atoms with Gasteiger partial charge in [0.15, 0.2) is 6.39 Å². The lowest BCUT2D eigenvalue weighted by atomic mass is 10.2. The quantitative estimate of drug-likeness (QED) is 0.766. The van der Waals surface area contributed by atoms with Crippen LogP contribution in [0.4, 0.5) is 10.5 Å². The number of carbonyl (C=O) groups is 1. The summed E-state index contributed by atoms with van der Waals surface area (Å²) in [7, 11) is 0. The van der Waals surface area contributed by atoms with Gasteiger partial charge in [0.1, 0.15) is 11.5 Å². The van der Waals surface area contributed by atoms with Crippen molar-refractivity contribution in [2.75, 3.05) is 5.32 Å². The second kappa shape index (κ2) is 7.49. The summed E-state index contributed by atoms with van der Waals surface area (Å²) in [5, 5.41) is 8.92. The Morgan fingerprint density at radius 2 is 2.05 bits per heavy atom. The zero-order valence-corrected chi connectivity index (χ0v) is 13.1. The van der Waals surface area contributed by atoms with E-state index < -0.39 is 0 Å². The Balaban J connectivity index is 1.79. The summed E-state index contributed by atoms with van der Waals surface area (Å²) < 4.78 is 5.08. The van der Waals surface area contributed by atoms with Crippen LogP contribution in [0.3, 0.4) is 0 Å². The molecule has 0 unspecified atom stereocenters. The van der Waals surface area contributed by atoms with E-state index in [1.54, 1.807) is 0 Å². The molecular formula is C16H22N4O2. The fourth-order valence-electron chi connectivity index (χ4n) is 2.01. The van der Waals surface area contributed by atoms with Crippen LogP contribution in [-0.2, 0) is 13.1 Å². The van der Waals surface area contributed by atoms with Gasteiger partial charge in [0.25, 0.3) is 0 Å². The number of hydrogen-bond donors (Lipinski definition) is 3. The molecule has 2 rings (SSSR count). The van der Waals surface area contributed by atoms with Crippen LogP contribution in [0, 0.1) is 6.92 Å². The van der Waals surface area contributed by atoms with Gasteiger partial charge >= 0.3 is 6.03 Å². The number of anilines is 1. The van der Waals surface area contributed by atoms with Gasteiger partial charge < -0.3 is 20.4 Å². The van der Waals surface area contributed by atoms with Gasteiger partial charge in [0.05, 0.1) is 6.54 Å². The van der Waals surface area contributed by atoms with Crippen molar-refractivity contribution in [1.82, 2.24) is 15.6 Å². The van der Waals surface area contributed by atoms with Crippen LogP contribution < -0.4 is 16.0 Å². The van der Waals surface area contributed by atoms with Crippen molar-refractivity contribution < 1.29 is 9.21 Å². The van der Waals surface area contributed by atoms with Crippen LogP contribution in [0.15, 0.2) is 35.1 Å². The monoisotopic (exact) mass is 302 g/mol. The normalized spacial score (nSPS) is 10.5. The lowest BCUT2D eigenvalue weighted by Crippen LogP contribution is -2.34. The topological polar surface area (TPSA) is 79.2 Å². The summed E-state index contributed by atoms with van der Waals surface area (Å²) in [6.45, 7) is 6.81. The van der Waals surface area contributed by atoms with E-state index in [1.807, 2.05) is 31.2 Å². The molecule has 2 aromatic rings. The highest BCUT2D eigenvalue weighted by Crippen LogP contribution is 2.11. The fraction of sp³-hybridized carbons (Fsp3) is 0.375. The SMILES string of the molecule is Cc1ocnc1CNC(=O)NCc1cccc(NC(C)C)c1. The minimum atomic E-state index is -0.232. The minimum Gasteiger partial charge on any atom is -0.448 e. The van der Waals surface area contributed by atoms with E-state index in [0.717, 1.165) is 16.9 Å². The van der Waals surface area contributed by atoms with Gasteiger partial charge in [-0.2, -0.15) is 0 Å². The van der Waals surface area contributed by atoms with E-state index in [4.69, 9.17) is 4.42 Å². The molecule has 0 spiro atoms. The maximum absolute atomic E-state index is 11.8. The van der Waals surface area contributed by atoms with Crippen LogP contribution in [0.2, 0.25) is 0 Å². The largest absolute Gasteiger partial charge is 0.448 e. The number of amides is 2. The zero-order valence-electron chi connectivity index (χ0n) is 13.1. The molecule has 0 bridgehead atoms. The lowest BCUT2D eigenvalue weighted by molar-refractivity contribution is 0.240. The minimum absolute atomic E-state index is 0.232. The fourth-order valence-corrected chi connectivity index (χ4v) is 2.01. The Morgan fingerprint density at radius 3 is 2.73 bits per heavy atom. The Bertz CT molecular complexity index is 622. The predicted octanol–water partition coefficient (Wildman–Crippen LogP) is 2.80. The molecule has 0 saturated heterocycles. The number of nitrogens with one attached hydrogen (secondary N) is 3. The number of urea groups is 1. The smallest absolute Gasteiger partial charge is 0.315 e. The first-order chi connectivity index (χ1) is 10.5. The molecule has 6 heteroatoms. The van der Waals surface area contributed by atoms with Gasteiger partial charge in [-0.25, -0.2) is 9.78 Å². The number of hydrogen-bond acceptors (Lipinski definition) is 4. The number of rotatable bonds is 6. The van der Waals surface area contributed by atoms with E-state index >= 15 is 0 Å². The van der Waals surface area contributed by atoms with Crippen LogP contribution in [-0.4, -0.2) is 17.1 Å². The van der Waals surface area contributed by atoms with Crippen molar-refractivity contribution in [3.63, 3.8) is 0 Å². The Morgan fingerprint density at radius 1 is 1.27 bits per heavy atom. The third-order valence-corrected chi connectivity index (χ3v) is 3.10. The first kappa shape index (κ1) is 15.9. The van der Waals surface area contributed by atoms with Crippen LogP contribution in [0.25, 0.3) is 0 Å². The Kier molecular flexibility index (Phi) is 5.41. The van der Waals surface area contributed by atoms with E-state index in [0.29, 0.717) is 24.9 Å². The molecule has 0 aliphatic rings. The summed E-state index contributed by atoms with van der Waals surface area (Å²) >= 11 is 0. The van der Waals surface area contributed by atoms with E-state index in [2.05, 4.69) is 34.8 Å². The van der Waals surface area contributed by atoms with Crippen molar-refractivity contribution in [1.29, 1.82) is 0 Å². The Labute approximate surface area is 130 Å². The third kappa shape index (κ3) is 4.80. The highest BCUT2D eigenvalue weighted by Gasteiger charge is 2.06. The van der Waals surface area contributed by atoms with Gasteiger partial charge in [-0.3, -0.25) is 0 Å². The number of aromatic nitrogens is 1. The van der Waals surface area contributed by atoms with E-state index in [1.165, 1.54) is 6.39 Å². The molecule has 0 saturated carbocycles. The zero-order chi connectivity index (χ0) is 15.9. The van der Waals surface area contributed by atoms with Crippen molar-refractivity contribution in [3.8, 4) is 0 Å². The summed E-state index contributed by atoms with van der Waals surface area (Å²) in [4.78, 5) is 15.8. The summed E-state index contributed by atoms with van der Waals surface area (Å²) in [6.07, 6.45) is 1.37. The number of carbonyl (C=O) groups excluding carboxylic acids is 1. The standard InChI is InChI=1S/C16H22N4O2/c1-11(2)20-14-6-4-5-13(7-14)8-17-16(21)18-9-15-12(3)22-10-19-15/h4-7,10-11,20H,8-9H2,1-3H3,(H2,17,18,21). The molecule has 6 nitrogen and oxygen atoms in total. The van der Waals surface area contributed by atoms with Gasteiger partial charge in [0, 0.05) is 18.3 Å². The molecule has 0 fully saturated rings. The molecular weight excluding hydrogens is 280 g/mol. The summed E-state index contributed by atoms with van der Waals surface area (Å²) in [5.74, 6) is 0.716. The van der Waals surface area contributed by atoms with Crippen molar-refractivity contribution in [2.45, 2.75) is 39.9 Å². The number of oxazole rings is 1. The number of aryl methyl sites for hydroxylation is 1.